The second-order valence-electron chi connectivity index (χ2n) is 4.39. The summed E-state index contributed by atoms with van der Waals surface area (Å²) >= 11 is 3.42. The minimum atomic E-state index is -0.610. The van der Waals surface area contributed by atoms with Crippen molar-refractivity contribution in [3.05, 3.63) is 57.8 Å². The van der Waals surface area contributed by atoms with Gasteiger partial charge in [0.15, 0.2) is 0 Å². The molecule has 0 saturated heterocycles. The molecule has 1 amide bonds. The first-order valence-electron chi connectivity index (χ1n) is 5.97. The minimum Gasteiger partial charge on any atom is -0.410 e. The Balaban J connectivity index is 2.08. The van der Waals surface area contributed by atoms with Crippen LogP contribution in [0.4, 0.5) is 14.9 Å². The second-order valence-corrected chi connectivity index (χ2v) is 5.24. The van der Waals surface area contributed by atoms with E-state index in [0.717, 1.165) is 15.6 Å². The number of hydrogen-bond donors (Lipinski definition) is 1. The van der Waals surface area contributed by atoms with Crippen LogP contribution in [0.2, 0.25) is 0 Å². The summed E-state index contributed by atoms with van der Waals surface area (Å²) < 4.78 is 19.0. The first-order chi connectivity index (χ1) is 9.45. The van der Waals surface area contributed by atoms with Gasteiger partial charge >= 0.3 is 6.09 Å². The van der Waals surface area contributed by atoms with Crippen molar-refractivity contribution < 1.29 is 13.9 Å². The van der Waals surface area contributed by atoms with E-state index in [1.165, 1.54) is 24.3 Å². The molecule has 0 radical (unpaired) electrons. The maximum absolute atomic E-state index is 12.8. The highest BCUT2D eigenvalue weighted by Gasteiger charge is 2.09. The number of hydrogen-bond acceptors (Lipinski definition) is 2. The number of carbonyl (C=O) groups excluding carboxylic acids is 1. The highest BCUT2D eigenvalue weighted by molar-refractivity contribution is 9.10. The van der Waals surface area contributed by atoms with Crippen molar-refractivity contribution in [1.82, 2.24) is 0 Å². The number of carbonyl (C=O) groups is 1. The minimum absolute atomic E-state index is 0.358. The van der Waals surface area contributed by atoms with Gasteiger partial charge < -0.3 is 4.74 Å². The zero-order valence-corrected chi connectivity index (χ0v) is 12.6. The number of aryl methyl sites for hydroxylation is 2. The van der Waals surface area contributed by atoms with Crippen LogP contribution in [0.1, 0.15) is 11.1 Å². The van der Waals surface area contributed by atoms with Crippen molar-refractivity contribution >= 4 is 27.7 Å². The Morgan fingerprint density at radius 2 is 1.80 bits per heavy atom. The predicted octanol–water partition coefficient (Wildman–Crippen LogP) is 4.82. The molecule has 0 aliphatic carbocycles. The highest BCUT2D eigenvalue weighted by atomic mass is 79.9. The third-order valence-corrected chi connectivity index (χ3v) is 3.60. The van der Waals surface area contributed by atoms with E-state index >= 15 is 0 Å². The first-order valence-corrected chi connectivity index (χ1v) is 6.76. The summed E-state index contributed by atoms with van der Waals surface area (Å²) in [7, 11) is 0. The van der Waals surface area contributed by atoms with Gasteiger partial charge in [-0.2, -0.15) is 0 Å². The molecule has 0 aliphatic heterocycles. The topological polar surface area (TPSA) is 38.3 Å². The average Bonchev–Trinajstić information content (AvgIpc) is 2.39. The van der Waals surface area contributed by atoms with Crippen LogP contribution in [0.3, 0.4) is 0 Å². The monoisotopic (exact) mass is 337 g/mol. The van der Waals surface area contributed by atoms with Crippen molar-refractivity contribution in [3.8, 4) is 5.75 Å². The van der Waals surface area contributed by atoms with Crippen molar-refractivity contribution in [1.29, 1.82) is 0 Å². The number of amides is 1. The Morgan fingerprint density at radius 1 is 1.15 bits per heavy atom. The number of ether oxygens (including phenoxy) is 1. The lowest BCUT2D eigenvalue weighted by Gasteiger charge is -2.10. The molecule has 0 saturated carbocycles. The number of rotatable bonds is 2. The lowest BCUT2D eigenvalue weighted by molar-refractivity contribution is 0.215. The summed E-state index contributed by atoms with van der Waals surface area (Å²) in [5.74, 6) is 0.133. The molecule has 104 valence electrons. The molecular weight excluding hydrogens is 325 g/mol. The Kier molecular flexibility index (Phi) is 4.39. The molecule has 0 bridgehead atoms. The van der Waals surface area contributed by atoms with Crippen molar-refractivity contribution in [2.75, 3.05) is 5.32 Å². The van der Waals surface area contributed by atoms with Crippen molar-refractivity contribution in [2.45, 2.75) is 13.8 Å². The van der Waals surface area contributed by atoms with Gasteiger partial charge in [0.2, 0.25) is 0 Å². The van der Waals surface area contributed by atoms with Crippen LogP contribution in [-0.2, 0) is 0 Å². The van der Waals surface area contributed by atoms with Gasteiger partial charge in [0.05, 0.1) is 0 Å². The van der Waals surface area contributed by atoms with Crippen molar-refractivity contribution in [3.63, 3.8) is 0 Å². The molecule has 20 heavy (non-hydrogen) atoms. The summed E-state index contributed by atoms with van der Waals surface area (Å²) in [6.07, 6.45) is -0.610. The number of benzene rings is 2. The molecule has 0 atom stereocenters. The lowest BCUT2D eigenvalue weighted by atomic mass is 10.1. The fourth-order valence-corrected chi connectivity index (χ4v) is 2.10. The van der Waals surface area contributed by atoms with E-state index in [4.69, 9.17) is 4.74 Å². The van der Waals surface area contributed by atoms with E-state index < -0.39 is 6.09 Å². The van der Waals surface area contributed by atoms with Crippen LogP contribution in [-0.4, -0.2) is 6.09 Å². The number of halogens is 2. The molecule has 5 heteroatoms. The first kappa shape index (κ1) is 14.5. The highest BCUT2D eigenvalue weighted by Crippen LogP contribution is 2.26. The van der Waals surface area contributed by atoms with Gasteiger partial charge in [-0.1, -0.05) is 15.9 Å². The third-order valence-electron chi connectivity index (χ3n) is 2.75. The molecule has 3 nitrogen and oxygen atoms in total. The predicted molar refractivity (Wildman–Crippen MR) is 79.7 cm³/mol. The van der Waals surface area contributed by atoms with Gasteiger partial charge in [0.1, 0.15) is 11.6 Å². The molecule has 0 heterocycles. The van der Waals surface area contributed by atoms with Gasteiger partial charge in [0.25, 0.3) is 0 Å². The molecular formula is C15H13BrFNO2. The van der Waals surface area contributed by atoms with Gasteiger partial charge in [0, 0.05) is 10.2 Å². The summed E-state index contributed by atoms with van der Waals surface area (Å²) in [5.41, 5.74) is 2.29. The summed E-state index contributed by atoms with van der Waals surface area (Å²) in [4.78, 5) is 11.8. The zero-order chi connectivity index (χ0) is 14.7. The molecule has 0 aliphatic rings. The van der Waals surface area contributed by atoms with Gasteiger partial charge in [-0.05, 0) is 61.4 Å². The molecule has 2 aromatic rings. The third kappa shape index (κ3) is 3.57. The normalized spacial score (nSPS) is 10.2. The number of nitrogens with one attached hydrogen (secondary N) is 1. The standard InChI is InChI=1S/C15H13BrFNO2/c1-9-8-14(10(2)7-13(9)16)20-15(19)18-12-5-3-11(17)4-6-12/h3-8H,1-2H3,(H,18,19). The fraction of sp³-hybridized carbons (Fsp3) is 0.133. The Morgan fingerprint density at radius 3 is 2.45 bits per heavy atom. The summed E-state index contributed by atoms with van der Waals surface area (Å²) in [5, 5.41) is 2.54. The maximum Gasteiger partial charge on any atom is 0.417 e. The van der Waals surface area contributed by atoms with E-state index in [0.29, 0.717) is 11.4 Å². The molecule has 2 rings (SSSR count). The van der Waals surface area contributed by atoms with Crippen LogP contribution in [0, 0.1) is 19.7 Å². The second kappa shape index (κ2) is 6.05. The smallest absolute Gasteiger partial charge is 0.410 e. The number of anilines is 1. The van der Waals surface area contributed by atoms with E-state index in [9.17, 15) is 9.18 Å². The fourth-order valence-electron chi connectivity index (χ4n) is 1.64. The van der Waals surface area contributed by atoms with Crippen LogP contribution >= 0.6 is 15.9 Å². The SMILES string of the molecule is Cc1cc(OC(=O)Nc2ccc(F)cc2)c(C)cc1Br. The summed E-state index contributed by atoms with van der Waals surface area (Å²) in [6.45, 7) is 3.76. The van der Waals surface area contributed by atoms with Gasteiger partial charge in [-0.25, -0.2) is 9.18 Å². The zero-order valence-electron chi connectivity index (χ0n) is 11.0. The molecule has 0 spiro atoms. The van der Waals surface area contributed by atoms with Crippen LogP contribution in [0.5, 0.6) is 5.75 Å². The molecule has 0 unspecified atom stereocenters. The maximum atomic E-state index is 12.8. The average molecular weight is 338 g/mol. The van der Waals surface area contributed by atoms with Crippen LogP contribution < -0.4 is 10.1 Å². The van der Waals surface area contributed by atoms with Crippen LogP contribution in [0.25, 0.3) is 0 Å². The molecule has 0 fully saturated rings. The van der Waals surface area contributed by atoms with Crippen molar-refractivity contribution in [2.24, 2.45) is 0 Å². The molecule has 0 aromatic heterocycles. The van der Waals surface area contributed by atoms with E-state index in [-0.39, 0.29) is 5.82 Å². The van der Waals surface area contributed by atoms with Crippen LogP contribution in [0.15, 0.2) is 40.9 Å². The lowest BCUT2D eigenvalue weighted by Crippen LogP contribution is -2.17. The van der Waals surface area contributed by atoms with Gasteiger partial charge in [-0.3, -0.25) is 5.32 Å². The Bertz CT molecular complexity index is 641. The largest absolute Gasteiger partial charge is 0.417 e. The van der Waals surface area contributed by atoms with E-state index in [1.807, 2.05) is 19.9 Å². The van der Waals surface area contributed by atoms with E-state index in [1.54, 1.807) is 6.07 Å². The quantitative estimate of drug-likeness (QED) is 0.853. The van der Waals surface area contributed by atoms with E-state index in [2.05, 4.69) is 21.2 Å². The Labute approximate surface area is 124 Å². The summed E-state index contributed by atoms with van der Waals surface area (Å²) in [6, 6.07) is 9.14. The molecule has 1 N–H and O–H groups in total. The molecule has 2 aromatic carbocycles. The van der Waals surface area contributed by atoms with Gasteiger partial charge in [-0.15, -0.1) is 0 Å². The Hall–Kier alpha value is -1.88.